The first kappa shape index (κ1) is 22.0. The van der Waals surface area contributed by atoms with Gasteiger partial charge in [-0.1, -0.05) is 6.42 Å². The molecule has 2 N–H and O–H groups in total. The highest BCUT2D eigenvalue weighted by atomic mass is 32.2. The molecule has 0 radical (unpaired) electrons. The van der Waals surface area contributed by atoms with E-state index in [0.717, 1.165) is 6.42 Å². The summed E-state index contributed by atoms with van der Waals surface area (Å²) in [4.78, 5) is 23.9. The Morgan fingerprint density at radius 2 is 1.86 bits per heavy atom. The van der Waals surface area contributed by atoms with Crippen LogP contribution in [0.1, 0.15) is 53.0 Å². The maximum atomic E-state index is 12.0. The van der Waals surface area contributed by atoms with Crippen LogP contribution in [0.25, 0.3) is 11.1 Å². The Hall–Kier alpha value is -2.29. The molecule has 0 saturated heterocycles. The summed E-state index contributed by atoms with van der Waals surface area (Å²) in [5, 5.41) is 5.09. The van der Waals surface area contributed by atoms with E-state index in [4.69, 9.17) is 4.42 Å². The number of hydrogen-bond acceptors (Lipinski definition) is 5. The number of carbonyl (C=O) groups excluding carboxylic acids is 1. The molecule has 2 rings (SSSR count). The lowest BCUT2D eigenvalue weighted by atomic mass is 10.2. The van der Waals surface area contributed by atoms with E-state index >= 15 is 0 Å². The van der Waals surface area contributed by atoms with Gasteiger partial charge < -0.3 is 15.1 Å². The first-order valence-electron chi connectivity index (χ1n) is 9.53. The SMILES string of the molecule is CC(C)n1c(=O)oc2cc(NC(=O)NCCCCCS(=O)(=O)C(C)C)ccc21. The number of nitrogens with one attached hydrogen (secondary N) is 2. The number of nitrogens with zero attached hydrogens (tertiary/aromatic N) is 1. The molecule has 0 spiro atoms. The average Bonchev–Trinajstić information content (AvgIpc) is 2.92. The van der Waals surface area contributed by atoms with Gasteiger partial charge in [0.05, 0.1) is 16.5 Å². The van der Waals surface area contributed by atoms with Crippen molar-refractivity contribution in [2.45, 2.75) is 58.2 Å². The number of benzene rings is 1. The summed E-state index contributed by atoms with van der Waals surface area (Å²) in [5.41, 5.74) is 1.63. The molecule has 9 heteroatoms. The number of sulfone groups is 1. The Kier molecular flexibility index (Phi) is 7.29. The van der Waals surface area contributed by atoms with Crippen LogP contribution in [0.15, 0.2) is 27.4 Å². The van der Waals surface area contributed by atoms with E-state index in [1.54, 1.807) is 36.6 Å². The third kappa shape index (κ3) is 5.60. The second-order valence-electron chi connectivity index (χ2n) is 7.37. The van der Waals surface area contributed by atoms with Crippen molar-refractivity contribution in [1.82, 2.24) is 9.88 Å². The van der Waals surface area contributed by atoms with Gasteiger partial charge in [-0.25, -0.2) is 18.0 Å². The monoisotopic (exact) mass is 411 g/mol. The van der Waals surface area contributed by atoms with Crippen molar-refractivity contribution in [2.75, 3.05) is 17.6 Å². The molecule has 2 aromatic rings. The van der Waals surface area contributed by atoms with E-state index in [9.17, 15) is 18.0 Å². The van der Waals surface area contributed by atoms with Crippen molar-refractivity contribution in [3.63, 3.8) is 0 Å². The van der Waals surface area contributed by atoms with Crippen molar-refractivity contribution in [3.05, 3.63) is 28.7 Å². The van der Waals surface area contributed by atoms with Crippen LogP contribution < -0.4 is 16.4 Å². The summed E-state index contributed by atoms with van der Waals surface area (Å²) in [6.07, 6.45) is 2.02. The highest BCUT2D eigenvalue weighted by Crippen LogP contribution is 2.20. The number of aromatic nitrogens is 1. The van der Waals surface area contributed by atoms with Crippen LogP contribution in [0.3, 0.4) is 0 Å². The van der Waals surface area contributed by atoms with Gasteiger partial charge in [0, 0.05) is 24.3 Å². The van der Waals surface area contributed by atoms with Crippen molar-refractivity contribution in [3.8, 4) is 0 Å². The smallest absolute Gasteiger partial charge is 0.408 e. The van der Waals surface area contributed by atoms with Crippen molar-refractivity contribution >= 4 is 32.7 Å². The number of carbonyl (C=O) groups is 1. The zero-order valence-corrected chi connectivity index (χ0v) is 17.6. The predicted molar refractivity (Wildman–Crippen MR) is 111 cm³/mol. The minimum Gasteiger partial charge on any atom is -0.408 e. The minimum atomic E-state index is -3.00. The quantitative estimate of drug-likeness (QED) is 0.615. The lowest BCUT2D eigenvalue weighted by Gasteiger charge is -2.09. The van der Waals surface area contributed by atoms with E-state index in [-0.39, 0.29) is 23.1 Å². The van der Waals surface area contributed by atoms with Crippen molar-refractivity contribution in [2.24, 2.45) is 0 Å². The first-order valence-corrected chi connectivity index (χ1v) is 11.2. The Labute approximate surface area is 165 Å². The second kappa shape index (κ2) is 9.27. The molecular formula is C19H29N3O5S. The molecule has 1 aromatic heterocycles. The summed E-state index contributed by atoms with van der Waals surface area (Å²) in [6, 6.07) is 4.69. The molecule has 0 bridgehead atoms. The molecule has 0 aliphatic carbocycles. The van der Waals surface area contributed by atoms with E-state index in [1.807, 2.05) is 13.8 Å². The van der Waals surface area contributed by atoms with Crippen LogP contribution in [0, 0.1) is 0 Å². The second-order valence-corrected chi connectivity index (χ2v) is 10.0. The highest BCUT2D eigenvalue weighted by Gasteiger charge is 2.15. The molecule has 0 atom stereocenters. The van der Waals surface area contributed by atoms with Gasteiger partial charge >= 0.3 is 11.8 Å². The van der Waals surface area contributed by atoms with Gasteiger partial charge in [0.1, 0.15) is 0 Å². The maximum Gasteiger partial charge on any atom is 0.420 e. The van der Waals surface area contributed by atoms with Gasteiger partial charge in [-0.3, -0.25) is 4.57 Å². The normalized spacial score (nSPS) is 12.1. The number of anilines is 1. The van der Waals surface area contributed by atoms with Crippen LogP contribution >= 0.6 is 0 Å². The van der Waals surface area contributed by atoms with Gasteiger partial charge in [0.15, 0.2) is 15.4 Å². The number of fused-ring (bicyclic) bond motifs is 1. The summed E-state index contributed by atoms with van der Waals surface area (Å²) < 4.78 is 30.2. The molecule has 0 fully saturated rings. The van der Waals surface area contributed by atoms with Crippen LogP contribution in [0.2, 0.25) is 0 Å². The zero-order valence-electron chi connectivity index (χ0n) is 16.8. The van der Waals surface area contributed by atoms with Gasteiger partial charge in [-0.15, -0.1) is 0 Å². The van der Waals surface area contributed by atoms with Crippen LogP contribution in [0.4, 0.5) is 10.5 Å². The fourth-order valence-corrected chi connectivity index (χ4v) is 3.90. The van der Waals surface area contributed by atoms with Gasteiger partial charge in [-0.05, 0) is 52.7 Å². The van der Waals surface area contributed by atoms with Crippen LogP contribution in [0.5, 0.6) is 0 Å². The summed E-state index contributed by atoms with van der Waals surface area (Å²) >= 11 is 0. The van der Waals surface area contributed by atoms with Gasteiger partial charge in [-0.2, -0.15) is 0 Å². The fourth-order valence-electron chi connectivity index (χ4n) is 2.82. The third-order valence-corrected chi connectivity index (χ3v) is 6.79. The third-order valence-electron chi connectivity index (χ3n) is 4.50. The molecule has 0 saturated carbocycles. The van der Waals surface area contributed by atoms with E-state index in [1.165, 1.54) is 0 Å². The number of oxazole rings is 1. The van der Waals surface area contributed by atoms with E-state index < -0.39 is 15.6 Å². The minimum absolute atomic E-state index is 0.0219. The topological polar surface area (TPSA) is 110 Å². The van der Waals surface area contributed by atoms with Crippen molar-refractivity contribution < 1.29 is 17.6 Å². The molecular weight excluding hydrogens is 382 g/mol. The van der Waals surface area contributed by atoms with Crippen molar-refractivity contribution in [1.29, 1.82) is 0 Å². The maximum absolute atomic E-state index is 12.0. The molecule has 0 aliphatic rings. The van der Waals surface area contributed by atoms with E-state index in [2.05, 4.69) is 10.6 Å². The van der Waals surface area contributed by atoms with Crippen LogP contribution in [-0.4, -0.2) is 36.6 Å². The highest BCUT2D eigenvalue weighted by molar-refractivity contribution is 7.91. The molecule has 8 nitrogen and oxygen atoms in total. The Bertz CT molecular complexity index is 973. The van der Waals surface area contributed by atoms with Gasteiger partial charge in [0.25, 0.3) is 0 Å². The predicted octanol–water partition coefficient (Wildman–Crippen LogP) is 3.29. The molecule has 1 aromatic carbocycles. The summed E-state index contributed by atoms with van der Waals surface area (Å²) in [5.74, 6) is -0.246. The molecule has 2 amide bonds. The van der Waals surface area contributed by atoms with Crippen LogP contribution in [-0.2, 0) is 9.84 Å². The summed E-state index contributed by atoms with van der Waals surface area (Å²) in [6.45, 7) is 7.61. The van der Waals surface area contributed by atoms with E-state index in [0.29, 0.717) is 36.2 Å². The molecule has 28 heavy (non-hydrogen) atoms. The lowest BCUT2D eigenvalue weighted by Crippen LogP contribution is -2.29. The number of amides is 2. The Balaban J connectivity index is 1.80. The Morgan fingerprint density at radius 1 is 1.14 bits per heavy atom. The molecule has 0 aliphatic heterocycles. The fraction of sp³-hybridized carbons (Fsp3) is 0.579. The number of unbranched alkanes of at least 4 members (excludes halogenated alkanes) is 2. The summed E-state index contributed by atoms with van der Waals surface area (Å²) in [7, 11) is -3.00. The molecule has 1 heterocycles. The number of hydrogen-bond donors (Lipinski definition) is 2. The lowest BCUT2D eigenvalue weighted by molar-refractivity contribution is 0.252. The van der Waals surface area contributed by atoms with Gasteiger partial charge in [0.2, 0.25) is 0 Å². The Morgan fingerprint density at radius 3 is 2.50 bits per heavy atom. The average molecular weight is 412 g/mol. The standard InChI is InChI=1S/C19H29N3O5S/c1-13(2)22-16-9-8-15(12-17(16)27-19(22)24)21-18(23)20-10-6-5-7-11-28(25,26)14(3)4/h8-9,12-14H,5-7,10-11H2,1-4H3,(H2,20,21,23). The number of rotatable bonds is 9. The zero-order chi connectivity index (χ0) is 20.9. The molecule has 156 valence electrons. The largest absolute Gasteiger partial charge is 0.420 e. The number of urea groups is 1. The first-order chi connectivity index (χ1) is 13.1. The molecule has 0 unspecified atom stereocenters.